The third-order valence-corrected chi connectivity index (χ3v) is 3.54. The van der Waals surface area contributed by atoms with Crippen LogP contribution in [0.2, 0.25) is 0 Å². The molecule has 0 heterocycles. The maximum absolute atomic E-state index is 10.0. The van der Waals surface area contributed by atoms with Gasteiger partial charge in [0.1, 0.15) is 0 Å². The van der Waals surface area contributed by atoms with E-state index in [9.17, 15) is 4.79 Å². The second-order valence-corrected chi connectivity index (χ2v) is 6.09. The highest BCUT2D eigenvalue weighted by Gasteiger charge is 1.97. The Morgan fingerprint density at radius 2 is 1.58 bits per heavy atom. The molecule has 2 aromatic carbocycles. The van der Waals surface area contributed by atoms with E-state index in [-0.39, 0.29) is 0 Å². The molecule has 0 atom stereocenters. The normalized spacial score (nSPS) is 9.75. The number of nitriles is 1. The molecule has 0 aliphatic carbocycles. The van der Waals surface area contributed by atoms with Crippen molar-refractivity contribution in [1.29, 1.82) is 5.26 Å². The highest BCUT2D eigenvalue weighted by Crippen LogP contribution is 2.18. The SMILES string of the molecule is CC(C)CCCCC(=O)O.N#Cc1ccc(-c2ccccc2)cc1. The minimum atomic E-state index is -0.677. The molecule has 1 N–H and O–H groups in total. The Balaban J connectivity index is 0.000000257. The minimum absolute atomic E-state index is 0.326. The van der Waals surface area contributed by atoms with Crippen molar-refractivity contribution in [2.24, 2.45) is 5.92 Å². The van der Waals surface area contributed by atoms with Gasteiger partial charge in [0.25, 0.3) is 0 Å². The second-order valence-electron chi connectivity index (χ2n) is 6.09. The van der Waals surface area contributed by atoms with Crippen LogP contribution >= 0.6 is 0 Å². The minimum Gasteiger partial charge on any atom is -0.481 e. The molecule has 3 nitrogen and oxygen atoms in total. The fourth-order valence-electron chi connectivity index (χ4n) is 2.20. The Morgan fingerprint density at radius 3 is 2.08 bits per heavy atom. The lowest BCUT2D eigenvalue weighted by molar-refractivity contribution is -0.137. The summed E-state index contributed by atoms with van der Waals surface area (Å²) < 4.78 is 0. The zero-order valence-corrected chi connectivity index (χ0v) is 14.4. The van der Waals surface area contributed by atoms with Crippen LogP contribution in [0.5, 0.6) is 0 Å². The van der Waals surface area contributed by atoms with Crippen LogP contribution in [0.4, 0.5) is 0 Å². The van der Waals surface area contributed by atoms with Crippen molar-refractivity contribution in [1.82, 2.24) is 0 Å². The molecule has 0 amide bonds. The molecule has 126 valence electrons. The fourth-order valence-corrected chi connectivity index (χ4v) is 2.20. The van der Waals surface area contributed by atoms with Gasteiger partial charge in [0, 0.05) is 6.42 Å². The van der Waals surface area contributed by atoms with Gasteiger partial charge in [0.05, 0.1) is 11.6 Å². The Morgan fingerprint density at radius 1 is 1.00 bits per heavy atom. The second kappa shape index (κ2) is 11.0. The van der Waals surface area contributed by atoms with Crippen molar-refractivity contribution in [2.75, 3.05) is 0 Å². The number of nitrogens with zero attached hydrogens (tertiary/aromatic N) is 1. The van der Waals surface area contributed by atoms with Crippen molar-refractivity contribution >= 4 is 5.97 Å². The molecule has 0 aliphatic rings. The van der Waals surface area contributed by atoms with Gasteiger partial charge >= 0.3 is 5.97 Å². The van der Waals surface area contributed by atoms with E-state index in [0.29, 0.717) is 17.9 Å². The van der Waals surface area contributed by atoms with E-state index < -0.39 is 5.97 Å². The van der Waals surface area contributed by atoms with Crippen LogP contribution in [0.25, 0.3) is 11.1 Å². The summed E-state index contributed by atoms with van der Waals surface area (Å²) in [5, 5.41) is 16.9. The van der Waals surface area contributed by atoms with Gasteiger partial charge in [-0.15, -0.1) is 0 Å². The van der Waals surface area contributed by atoms with E-state index in [4.69, 9.17) is 10.4 Å². The number of carbonyl (C=O) groups is 1. The summed E-state index contributed by atoms with van der Waals surface area (Å²) in [6.45, 7) is 4.31. The summed E-state index contributed by atoms with van der Waals surface area (Å²) in [7, 11) is 0. The standard InChI is InChI=1S/C13H9N.C8H16O2/c14-10-11-6-8-13(9-7-11)12-4-2-1-3-5-12;1-7(2)5-3-4-6-8(9)10/h1-9H;7H,3-6H2,1-2H3,(H,9,10). The van der Waals surface area contributed by atoms with E-state index in [0.717, 1.165) is 24.8 Å². The Kier molecular flexibility index (Phi) is 8.93. The molecule has 0 fully saturated rings. The predicted octanol–water partition coefficient (Wildman–Crippen LogP) is 5.51. The lowest BCUT2D eigenvalue weighted by Gasteiger charge is -2.01. The number of rotatable bonds is 6. The first-order valence-corrected chi connectivity index (χ1v) is 8.30. The molecule has 2 aromatic rings. The molecule has 0 saturated carbocycles. The first kappa shape index (κ1) is 19.4. The molecule has 0 saturated heterocycles. The summed E-state index contributed by atoms with van der Waals surface area (Å²) >= 11 is 0. The Bertz CT molecular complexity index is 640. The molecule has 3 heteroatoms. The average molecular weight is 323 g/mol. The summed E-state index contributed by atoms with van der Waals surface area (Å²) in [5.41, 5.74) is 3.02. The highest BCUT2D eigenvalue weighted by molar-refractivity contribution is 5.66. The maximum Gasteiger partial charge on any atom is 0.303 e. The molecule has 0 bridgehead atoms. The number of hydrogen-bond acceptors (Lipinski definition) is 2. The number of benzene rings is 2. The van der Waals surface area contributed by atoms with Crippen LogP contribution in [0.15, 0.2) is 54.6 Å². The molecule has 0 spiro atoms. The maximum atomic E-state index is 10.0. The third kappa shape index (κ3) is 8.14. The fraction of sp³-hybridized carbons (Fsp3) is 0.333. The smallest absolute Gasteiger partial charge is 0.303 e. The average Bonchev–Trinajstić information content (AvgIpc) is 2.60. The quantitative estimate of drug-likeness (QED) is 0.713. The summed E-state index contributed by atoms with van der Waals surface area (Å²) in [6, 6.07) is 19.8. The number of hydrogen-bond donors (Lipinski definition) is 1. The van der Waals surface area contributed by atoms with Gasteiger partial charge in [-0.1, -0.05) is 69.2 Å². The summed E-state index contributed by atoms with van der Waals surface area (Å²) in [6.07, 6.45) is 3.34. The molecule has 0 aliphatic heterocycles. The van der Waals surface area contributed by atoms with Crippen LogP contribution in [0.3, 0.4) is 0 Å². The molecule has 0 radical (unpaired) electrons. The van der Waals surface area contributed by atoms with Crippen LogP contribution < -0.4 is 0 Å². The largest absolute Gasteiger partial charge is 0.481 e. The van der Waals surface area contributed by atoms with Gasteiger partial charge < -0.3 is 5.11 Å². The monoisotopic (exact) mass is 323 g/mol. The molecular formula is C21H25NO2. The van der Waals surface area contributed by atoms with E-state index in [2.05, 4.69) is 32.0 Å². The first-order valence-electron chi connectivity index (χ1n) is 8.30. The van der Waals surface area contributed by atoms with Crippen molar-refractivity contribution in [3.63, 3.8) is 0 Å². The third-order valence-electron chi connectivity index (χ3n) is 3.54. The van der Waals surface area contributed by atoms with Crippen molar-refractivity contribution < 1.29 is 9.90 Å². The topological polar surface area (TPSA) is 61.1 Å². The van der Waals surface area contributed by atoms with Gasteiger partial charge in [0.2, 0.25) is 0 Å². The Hall–Kier alpha value is -2.60. The van der Waals surface area contributed by atoms with E-state index >= 15 is 0 Å². The highest BCUT2D eigenvalue weighted by atomic mass is 16.4. The summed E-state index contributed by atoms with van der Waals surface area (Å²) in [5.74, 6) is 0.0255. The van der Waals surface area contributed by atoms with Crippen molar-refractivity contribution in [3.8, 4) is 17.2 Å². The van der Waals surface area contributed by atoms with Gasteiger partial charge in [-0.3, -0.25) is 4.79 Å². The van der Waals surface area contributed by atoms with Crippen LogP contribution in [-0.2, 0) is 4.79 Å². The Labute approximate surface area is 144 Å². The van der Waals surface area contributed by atoms with Gasteiger partial charge in [0.15, 0.2) is 0 Å². The zero-order valence-electron chi connectivity index (χ0n) is 14.4. The predicted molar refractivity (Wildman–Crippen MR) is 97.5 cm³/mol. The van der Waals surface area contributed by atoms with Gasteiger partial charge in [-0.05, 0) is 35.6 Å². The summed E-state index contributed by atoms with van der Waals surface area (Å²) in [4.78, 5) is 10.0. The zero-order chi connectivity index (χ0) is 17.8. The molecule has 24 heavy (non-hydrogen) atoms. The van der Waals surface area contributed by atoms with Crippen LogP contribution in [-0.4, -0.2) is 11.1 Å². The lowest BCUT2D eigenvalue weighted by atomic mass is 10.0. The number of unbranched alkanes of at least 4 members (excludes halogenated alkanes) is 1. The van der Waals surface area contributed by atoms with E-state index in [1.165, 1.54) is 5.56 Å². The van der Waals surface area contributed by atoms with Gasteiger partial charge in [-0.25, -0.2) is 0 Å². The number of carboxylic acids is 1. The lowest BCUT2D eigenvalue weighted by Crippen LogP contribution is -1.94. The first-order chi connectivity index (χ1) is 11.5. The van der Waals surface area contributed by atoms with Crippen molar-refractivity contribution in [3.05, 3.63) is 60.2 Å². The van der Waals surface area contributed by atoms with E-state index in [1.54, 1.807) is 0 Å². The van der Waals surface area contributed by atoms with Gasteiger partial charge in [-0.2, -0.15) is 5.26 Å². The van der Waals surface area contributed by atoms with Crippen molar-refractivity contribution in [2.45, 2.75) is 39.5 Å². The molecule has 0 unspecified atom stereocenters. The number of carboxylic acid groups (broad SMARTS) is 1. The molecule has 0 aromatic heterocycles. The van der Waals surface area contributed by atoms with E-state index in [1.807, 2.05) is 42.5 Å². The van der Waals surface area contributed by atoms with Crippen LogP contribution in [0, 0.1) is 17.2 Å². The molecule has 2 rings (SSSR count). The molecular weight excluding hydrogens is 298 g/mol. The van der Waals surface area contributed by atoms with Crippen LogP contribution in [0.1, 0.15) is 45.1 Å². The number of aliphatic carboxylic acids is 1.